The molecule has 1 aromatic heterocycles. The fourth-order valence-electron chi connectivity index (χ4n) is 2.68. The molecule has 1 saturated carbocycles. The van der Waals surface area contributed by atoms with Crippen LogP contribution >= 0.6 is 15.9 Å². The number of rotatable bonds is 3. The van der Waals surface area contributed by atoms with Crippen molar-refractivity contribution in [2.24, 2.45) is 17.7 Å². The summed E-state index contributed by atoms with van der Waals surface area (Å²) in [5, 5.41) is 0. The van der Waals surface area contributed by atoms with E-state index >= 15 is 0 Å². The van der Waals surface area contributed by atoms with Gasteiger partial charge in [-0.1, -0.05) is 19.8 Å². The molecule has 3 N–H and O–H groups in total. The van der Waals surface area contributed by atoms with E-state index < -0.39 is 0 Å². The topological polar surface area (TPSA) is 50.9 Å². The molecule has 4 heteroatoms. The smallest absolute Gasteiger partial charge is 0.0731 e. The Morgan fingerprint density at radius 1 is 1.41 bits per heavy atom. The Balaban J connectivity index is 2.14. The zero-order valence-corrected chi connectivity index (χ0v) is 11.8. The van der Waals surface area contributed by atoms with E-state index in [9.17, 15) is 0 Å². The Morgan fingerprint density at radius 3 is 2.71 bits per heavy atom. The van der Waals surface area contributed by atoms with Gasteiger partial charge in [0.05, 0.1) is 11.7 Å². The average Bonchev–Trinajstić information content (AvgIpc) is 2.35. The molecule has 0 radical (unpaired) electrons. The second kappa shape index (κ2) is 5.94. The van der Waals surface area contributed by atoms with Crippen LogP contribution in [0.3, 0.4) is 0 Å². The van der Waals surface area contributed by atoms with Gasteiger partial charge in [-0.25, -0.2) is 0 Å². The molecule has 1 aliphatic rings. The van der Waals surface area contributed by atoms with E-state index in [1.165, 1.54) is 25.7 Å². The quantitative estimate of drug-likeness (QED) is 0.665. The molecule has 1 aliphatic carbocycles. The van der Waals surface area contributed by atoms with E-state index in [-0.39, 0.29) is 6.04 Å². The molecule has 1 unspecified atom stereocenters. The van der Waals surface area contributed by atoms with Gasteiger partial charge >= 0.3 is 0 Å². The van der Waals surface area contributed by atoms with Gasteiger partial charge in [0, 0.05) is 10.7 Å². The number of nitrogens with one attached hydrogen (secondary N) is 1. The van der Waals surface area contributed by atoms with Crippen LogP contribution in [0.2, 0.25) is 0 Å². The predicted octanol–water partition coefficient (Wildman–Crippen LogP) is 3.17. The van der Waals surface area contributed by atoms with Crippen LogP contribution in [0.1, 0.15) is 44.3 Å². The van der Waals surface area contributed by atoms with Gasteiger partial charge in [0.2, 0.25) is 0 Å². The molecule has 0 bridgehead atoms. The molecule has 17 heavy (non-hydrogen) atoms. The number of nitrogens with zero attached hydrogens (tertiary/aromatic N) is 1. The Hall–Kier alpha value is -0.450. The van der Waals surface area contributed by atoms with Crippen molar-refractivity contribution in [3.05, 3.63) is 28.5 Å². The van der Waals surface area contributed by atoms with Gasteiger partial charge in [0.1, 0.15) is 0 Å². The van der Waals surface area contributed by atoms with Crippen LogP contribution < -0.4 is 11.3 Å². The van der Waals surface area contributed by atoms with E-state index in [1.54, 1.807) is 0 Å². The lowest BCUT2D eigenvalue weighted by Gasteiger charge is -2.32. The Kier molecular flexibility index (Phi) is 4.54. The van der Waals surface area contributed by atoms with E-state index in [0.717, 1.165) is 16.1 Å². The highest BCUT2D eigenvalue weighted by molar-refractivity contribution is 9.10. The summed E-state index contributed by atoms with van der Waals surface area (Å²) in [6, 6.07) is 4.13. The maximum absolute atomic E-state index is 5.73. The van der Waals surface area contributed by atoms with Gasteiger partial charge in [-0.15, -0.1) is 0 Å². The van der Waals surface area contributed by atoms with Gasteiger partial charge in [0.15, 0.2) is 0 Å². The minimum absolute atomic E-state index is 0.165. The van der Waals surface area contributed by atoms with Crippen LogP contribution in [0.5, 0.6) is 0 Å². The first-order chi connectivity index (χ1) is 8.22. The molecular formula is C13H20BrN3. The molecular weight excluding hydrogens is 278 g/mol. The van der Waals surface area contributed by atoms with Crippen molar-refractivity contribution in [1.82, 2.24) is 10.4 Å². The van der Waals surface area contributed by atoms with Crippen molar-refractivity contribution >= 4 is 15.9 Å². The van der Waals surface area contributed by atoms with Crippen LogP contribution in [0, 0.1) is 11.8 Å². The first kappa shape index (κ1) is 13.0. The lowest BCUT2D eigenvalue weighted by Crippen LogP contribution is -2.36. The van der Waals surface area contributed by atoms with E-state index in [2.05, 4.69) is 33.3 Å². The molecule has 94 valence electrons. The van der Waals surface area contributed by atoms with Crippen LogP contribution in [-0.2, 0) is 0 Å². The molecule has 0 aromatic carbocycles. The van der Waals surface area contributed by atoms with E-state index in [1.807, 2.05) is 18.3 Å². The van der Waals surface area contributed by atoms with Gasteiger partial charge in [-0.05, 0) is 52.7 Å². The summed E-state index contributed by atoms with van der Waals surface area (Å²) in [5.74, 6) is 7.19. The van der Waals surface area contributed by atoms with Crippen molar-refractivity contribution in [1.29, 1.82) is 0 Å². The zero-order valence-electron chi connectivity index (χ0n) is 10.2. The van der Waals surface area contributed by atoms with Crippen LogP contribution in [0.25, 0.3) is 0 Å². The Morgan fingerprint density at radius 2 is 2.12 bits per heavy atom. The largest absolute Gasteiger partial charge is 0.271 e. The Bertz CT molecular complexity index is 361. The van der Waals surface area contributed by atoms with E-state index in [4.69, 9.17) is 5.84 Å². The SMILES string of the molecule is CC1CCC(C(NN)c2ncccc2Br)CC1. The highest BCUT2D eigenvalue weighted by atomic mass is 79.9. The predicted molar refractivity (Wildman–Crippen MR) is 73.1 cm³/mol. The summed E-state index contributed by atoms with van der Waals surface area (Å²) < 4.78 is 1.04. The number of halogens is 1. The maximum Gasteiger partial charge on any atom is 0.0731 e. The summed E-state index contributed by atoms with van der Waals surface area (Å²) in [6.45, 7) is 2.33. The molecule has 1 heterocycles. The summed E-state index contributed by atoms with van der Waals surface area (Å²) in [6.07, 6.45) is 6.90. The molecule has 0 aliphatic heterocycles. The van der Waals surface area contributed by atoms with Crippen LogP contribution in [0.15, 0.2) is 22.8 Å². The van der Waals surface area contributed by atoms with Crippen molar-refractivity contribution < 1.29 is 0 Å². The summed E-state index contributed by atoms with van der Waals surface area (Å²) in [5.41, 5.74) is 3.99. The molecule has 3 nitrogen and oxygen atoms in total. The lowest BCUT2D eigenvalue weighted by atomic mass is 9.78. The van der Waals surface area contributed by atoms with Crippen molar-refractivity contribution in [3.63, 3.8) is 0 Å². The number of pyridine rings is 1. The highest BCUT2D eigenvalue weighted by Gasteiger charge is 2.28. The third-order valence-corrected chi connectivity index (χ3v) is 4.46. The summed E-state index contributed by atoms with van der Waals surface area (Å²) in [7, 11) is 0. The molecule has 0 amide bonds. The minimum Gasteiger partial charge on any atom is -0.271 e. The van der Waals surface area contributed by atoms with Crippen molar-refractivity contribution in [3.8, 4) is 0 Å². The van der Waals surface area contributed by atoms with E-state index in [0.29, 0.717) is 5.92 Å². The minimum atomic E-state index is 0.165. The standard InChI is InChI=1S/C13H20BrN3/c1-9-4-6-10(7-5-9)12(17-15)13-11(14)3-2-8-16-13/h2-3,8-10,12,17H,4-7,15H2,1H3. The van der Waals surface area contributed by atoms with Gasteiger partial charge in [-0.2, -0.15) is 0 Å². The second-order valence-electron chi connectivity index (χ2n) is 5.03. The molecule has 0 spiro atoms. The third-order valence-electron chi connectivity index (χ3n) is 3.79. The summed E-state index contributed by atoms with van der Waals surface area (Å²) >= 11 is 3.56. The zero-order chi connectivity index (χ0) is 12.3. The number of nitrogens with two attached hydrogens (primary N) is 1. The van der Waals surface area contributed by atoms with Gasteiger partial charge in [-0.3, -0.25) is 16.3 Å². The molecule has 2 rings (SSSR count). The first-order valence-corrected chi connectivity index (χ1v) is 7.08. The number of hydrogen-bond donors (Lipinski definition) is 2. The van der Waals surface area contributed by atoms with Gasteiger partial charge in [0.25, 0.3) is 0 Å². The second-order valence-corrected chi connectivity index (χ2v) is 5.89. The normalized spacial score (nSPS) is 26.8. The number of hydrazine groups is 1. The monoisotopic (exact) mass is 297 g/mol. The molecule has 0 saturated heterocycles. The third kappa shape index (κ3) is 3.06. The van der Waals surface area contributed by atoms with Crippen LogP contribution in [-0.4, -0.2) is 4.98 Å². The molecule has 1 aromatic rings. The number of hydrogen-bond acceptors (Lipinski definition) is 3. The van der Waals surface area contributed by atoms with Gasteiger partial charge < -0.3 is 0 Å². The first-order valence-electron chi connectivity index (χ1n) is 6.29. The van der Waals surface area contributed by atoms with Crippen molar-refractivity contribution in [2.75, 3.05) is 0 Å². The fraction of sp³-hybridized carbons (Fsp3) is 0.615. The average molecular weight is 298 g/mol. The molecule has 1 fully saturated rings. The number of aromatic nitrogens is 1. The van der Waals surface area contributed by atoms with Crippen molar-refractivity contribution in [2.45, 2.75) is 38.6 Å². The van der Waals surface area contributed by atoms with Crippen LogP contribution in [0.4, 0.5) is 0 Å². The highest BCUT2D eigenvalue weighted by Crippen LogP contribution is 2.37. The Labute approximate surface area is 111 Å². The fourth-order valence-corrected chi connectivity index (χ4v) is 3.19. The lowest BCUT2D eigenvalue weighted by molar-refractivity contribution is 0.229. The summed E-state index contributed by atoms with van der Waals surface area (Å²) in [4.78, 5) is 4.45. The maximum atomic E-state index is 5.73. The molecule has 1 atom stereocenters.